The molecule has 0 bridgehead atoms. The Bertz CT molecular complexity index is 416. The molecule has 2 aliphatic heterocycles. The molecule has 0 aromatic heterocycles. The topological polar surface area (TPSA) is 69.7 Å². The fourth-order valence-electron chi connectivity index (χ4n) is 3.24. The molecule has 0 aromatic rings. The van der Waals surface area contributed by atoms with E-state index in [-0.39, 0.29) is 11.9 Å². The van der Waals surface area contributed by atoms with Crippen LogP contribution in [0.3, 0.4) is 0 Å². The van der Waals surface area contributed by atoms with Crippen LogP contribution in [-0.4, -0.2) is 53.3 Å². The van der Waals surface area contributed by atoms with Gasteiger partial charge in [0.1, 0.15) is 5.92 Å². The molecule has 6 nitrogen and oxygen atoms in total. The van der Waals surface area contributed by atoms with Gasteiger partial charge in [-0.1, -0.05) is 20.3 Å². The standard InChI is InChI=1S/C15H25N3O3/c1-3-5-12-13(19)16-15(21)18(14(12)20)11-6-9-17(8-4-2)10-7-11/h11-12H,3-10H2,1-2H3,(H,16,19,21). The van der Waals surface area contributed by atoms with E-state index in [1.54, 1.807) is 0 Å². The minimum atomic E-state index is -0.693. The number of carbonyl (C=O) groups is 3. The molecule has 0 saturated carbocycles. The fourth-order valence-corrected chi connectivity index (χ4v) is 3.24. The number of piperidine rings is 1. The number of carbonyl (C=O) groups excluding carboxylic acids is 3. The highest BCUT2D eigenvalue weighted by Gasteiger charge is 2.43. The van der Waals surface area contributed by atoms with E-state index in [1.165, 1.54) is 4.90 Å². The zero-order valence-electron chi connectivity index (χ0n) is 12.9. The van der Waals surface area contributed by atoms with Crippen LogP contribution in [0.15, 0.2) is 0 Å². The van der Waals surface area contributed by atoms with Crippen molar-refractivity contribution in [2.45, 2.75) is 52.0 Å². The van der Waals surface area contributed by atoms with E-state index in [0.29, 0.717) is 6.42 Å². The first-order chi connectivity index (χ1) is 10.1. The Morgan fingerprint density at radius 3 is 2.33 bits per heavy atom. The molecule has 2 aliphatic rings. The second-order valence-corrected chi connectivity index (χ2v) is 5.92. The molecular formula is C15H25N3O3. The summed E-state index contributed by atoms with van der Waals surface area (Å²) in [4.78, 5) is 40.0. The molecular weight excluding hydrogens is 270 g/mol. The Morgan fingerprint density at radius 2 is 1.76 bits per heavy atom. The average Bonchev–Trinajstić information content (AvgIpc) is 2.45. The molecule has 2 saturated heterocycles. The van der Waals surface area contributed by atoms with Crippen LogP contribution < -0.4 is 5.32 Å². The van der Waals surface area contributed by atoms with E-state index in [4.69, 9.17) is 0 Å². The first kappa shape index (κ1) is 15.9. The van der Waals surface area contributed by atoms with Crippen LogP contribution in [0.1, 0.15) is 46.0 Å². The maximum Gasteiger partial charge on any atom is 0.331 e. The number of nitrogens with one attached hydrogen (secondary N) is 1. The van der Waals surface area contributed by atoms with Crippen molar-refractivity contribution in [3.8, 4) is 0 Å². The molecule has 2 fully saturated rings. The van der Waals surface area contributed by atoms with Crippen molar-refractivity contribution in [1.29, 1.82) is 0 Å². The summed E-state index contributed by atoms with van der Waals surface area (Å²) in [5, 5.41) is 2.34. The van der Waals surface area contributed by atoms with Gasteiger partial charge in [0.05, 0.1) is 0 Å². The summed E-state index contributed by atoms with van der Waals surface area (Å²) in [5.74, 6) is -1.44. The van der Waals surface area contributed by atoms with Crippen molar-refractivity contribution >= 4 is 17.8 Å². The Kier molecular flexibility index (Phi) is 5.33. The summed E-state index contributed by atoms with van der Waals surface area (Å²) in [7, 11) is 0. The quantitative estimate of drug-likeness (QED) is 0.777. The molecule has 118 valence electrons. The number of likely N-dealkylation sites (tertiary alicyclic amines) is 1. The highest BCUT2D eigenvalue weighted by atomic mass is 16.2. The Hall–Kier alpha value is -1.43. The number of nitrogens with zero attached hydrogens (tertiary/aromatic N) is 2. The summed E-state index contributed by atoms with van der Waals surface area (Å²) in [6.07, 6.45) is 3.96. The van der Waals surface area contributed by atoms with Gasteiger partial charge in [0, 0.05) is 19.1 Å². The molecule has 4 amide bonds. The minimum absolute atomic E-state index is 0.0712. The van der Waals surface area contributed by atoms with E-state index in [0.717, 1.165) is 45.3 Å². The lowest BCUT2D eigenvalue weighted by Crippen LogP contribution is -2.62. The predicted molar refractivity (Wildman–Crippen MR) is 78.5 cm³/mol. The van der Waals surface area contributed by atoms with Gasteiger partial charge in [0.2, 0.25) is 11.8 Å². The summed E-state index contributed by atoms with van der Waals surface area (Å²) in [6, 6.07) is -0.607. The lowest BCUT2D eigenvalue weighted by atomic mass is 9.95. The molecule has 6 heteroatoms. The molecule has 1 N–H and O–H groups in total. The number of amides is 4. The third kappa shape index (κ3) is 3.43. The minimum Gasteiger partial charge on any atom is -0.303 e. The van der Waals surface area contributed by atoms with Crippen molar-refractivity contribution in [2.24, 2.45) is 5.92 Å². The van der Waals surface area contributed by atoms with E-state index in [1.807, 2.05) is 6.92 Å². The van der Waals surface area contributed by atoms with Crippen LogP contribution in [0.2, 0.25) is 0 Å². The van der Waals surface area contributed by atoms with Crippen LogP contribution in [0.25, 0.3) is 0 Å². The van der Waals surface area contributed by atoms with Gasteiger partial charge in [-0.25, -0.2) is 4.79 Å². The molecule has 0 aliphatic carbocycles. The summed E-state index contributed by atoms with van der Waals surface area (Å²) in [6.45, 7) is 6.95. The van der Waals surface area contributed by atoms with Crippen LogP contribution in [-0.2, 0) is 9.59 Å². The highest BCUT2D eigenvalue weighted by molar-refractivity contribution is 6.16. The molecule has 0 aromatic carbocycles. The van der Waals surface area contributed by atoms with Gasteiger partial charge in [0.15, 0.2) is 0 Å². The third-order valence-electron chi connectivity index (χ3n) is 4.34. The van der Waals surface area contributed by atoms with Crippen LogP contribution in [0.4, 0.5) is 4.79 Å². The molecule has 2 heterocycles. The number of imide groups is 2. The Morgan fingerprint density at radius 1 is 1.10 bits per heavy atom. The molecule has 0 spiro atoms. The normalized spacial score (nSPS) is 25.3. The van der Waals surface area contributed by atoms with Crippen LogP contribution >= 0.6 is 0 Å². The largest absolute Gasteiger partial charge is 0.331 e. The second-order valence-electron chi connectivity index (χ2n) is 5.92. The van der Waals surface area contributed by atoms with Crippen LogP contribution in [0, 0.1) is 5.92 Å². The first-order valence-electron chi connectivity index (χ1n) is 7.98. The van der Waals surface area contributed by atoms with Gasteiger partial charge in [-0.05, 0) is 32.2 Å². The first-order valence-corrected chi connectivity index (χ1v) is 7.98. The number of urea groups is 1. The summed E-state index contributed by atoms with van der Waals surface area (Å²) >= 11 is 0. The summed E-state index contributed by atoms with van der Waals surface area (Å²) in [5.41, 5.74) is 0. The SMILES string of the molecule is CCCC1C(=O)NC(=O)N(C2CCN(CCC)CC2)C1=O. The van der Waals surface area contributed by atoms with Crippen LogP contribution in [0.5, 0.6) is 0 Å². The lowest BCUT2D eigenvalue weighted by molar-refractivity contribution is -0.145. The Labute approximate surface area is 125 Å². The second kappa shape index (κ2) is 7.02. The molecule has 21 heavy (non-hydrogen) atoms. The van der Waals surface area contributed by atoms with Gasteiger partial charge in [-0.2, -0.15) is 0 Å². The van der Waals surface area contributed by atoms with Crippen molar-refractivity contribution in [1.82, 2.24) is 15.1 Å². The Balaban J connectivity index is 2.03. The van der Waals surface area contributed by atoms with Gasteiger partial charge in [0.25, 0.3) is 0 Å². The molecule has 2 rings (SSSR count). The number of hydrogen-bond acceptors (Lipinski definition) is 4. The number of hydrogen-bond donors (Lipinski definition) is 1. The third-order valence-corrected chi connectivity index (χ3v) is 4.34. The van der Waals surface area contributed by atoms with Gasteiger partial charge < -0.3 is 4.90 Å². The number of barbiturate groups is 1. The summed E-state index contributed by atoms with van der Waals surface area (Å²) < 4.78 is 0. The van der Waals surface area contributed by atoms with E-state index >= 15 is 0 Å². The van der Waals surface area contributed by atoms with E-state index in [9.17, 15) is 14.4 Å². The maximum absolute atomic E-state index is 12.5. The van der Waals surface area contributed by atoms with Crippen molar-refractivity contribution < 1.29 is 14.4 Å². The van der Waals surface area contributed by atoms with Crippen molar-refractivity contribution in [3.63, 3.8) is 0 Å². The van der Waals surface area contributed by atoms with E-state index < -0.39 is 17.9 Å². The number of rotatable bonds is 5. The molecule has 1 atom stereocenters. The molecule has 0 radical (unpaired) electrons. The van der Waals surface area contributed by atoms with Gasteiger partial charge in [-0.3, -0.25) is 19.8 Å². The van der Waals surface area contributed by atoms with Gasteiger partial charge in [-0.15, -0.1) is 0 Å². The molecule has 1 unspecified atom stereocenters. The van der Waals surface area contributed by atoms with E-state index in [2.05, 4.69) is 17.1 Å². The predicted octanol–water partition coefficient (Wildman–Crippen LogP) is 1.36. The zero-order chi connectivity index (χ0) is 15.4. The lowest BCUT2D eigenvalue weighted by Gasteiger charge is -2.40. The fraction of sp³-hybridized carbons (Fsp3) is 0.800. The monoisotopic (exact) mass is 295 g/mol. The van der Waals surface area contributed by atoms with Crippen molar-refractivity contribution in [3.05, 3.63) is 0 Å². The average molecular weight is 295 g/mol. The zero-order valence-corrected chi connectivity index (χ0v) is 12.9. The smallest absolute Gasteiger partial charge is 0.303 e. The van der Waals surface area contributed by atoms with Crippen molar-refractivity contribution in [2.75, 3.05) is 19.6 Å². The maximum atomic E-state index is 12.5. The van der Waals surface area contributed by atoms with Gasteiger partial charge >= 0.3 is 6.03 Å². The highest BCUT2D eigenvalue weighted by Crippen LogP contribution is 2.23.